The Morgan fingerprint density at radius 3 is 2.53 bits per heavy atom. The maximum atomic E-state index is 11.6. The molecule has 0 spiro atoms. The minimum Gasteiger partial charge on any atom is -0.493 e. The molecule has 0 fully saturated rings. The van der Waals surface area contributed by atoms with Crippen molar-refractivity contribution in [2.24, 2.45) is 0 Å². The van der Waals surface area contributed by atoms with Crippen molar-refractivity contribution in [3.63, 3.8) is 0 Å². The van der Waals surface area contributed by atoms with Crippen molar-refractivity contribution in [3.05, 3.63) is 29.8 Å². The molecule has 1 amide bonds. The SMILES string of the molecule is CCc1ccc(OCCC(=O)NC(CC)CO)cc1. The van der Waals surface area contributed by atoms with E-state index in [1.165, 1.54) is 5.56 Å². The van der Waals surface area contributed by atoms with Gasteiger partial charge in [-0.25, -0.2) is 0 Å². The number of ether oxygens (including phenoxy) is 1. The molecule has 0 aromatic heterocycles. The molecule has 0 saturated carbocycles. The van der Waals surface area contributed by atoms with Gasteiger partial charge in [-0.2, -0.15) is 0 Å². The van der Waals surface area contributed by atoms with Gasteiger partial charge in [0.05, 0.1) is 25.7 Å². The Bertz CT molecular complexity index is 371. The summed E-state index contributed by atoms with van der Waals surface area (Å²) >= 11 is 0. The Labute approximate surface area is 114 Å². The predicted molar refractivity (Wildman–Crippen MR) is 75.2 cm³/mol. The van der Waals surface area contributed by atoms with Crippen LogP contribution in [-0.4, -0.2) is 30.3 Å². The van der Waals surface area contributed by atoms with Crippen molar-refractivity contribution in [3.8, 4) is 5.75 Å². The first-order chi connectivity index (χ1) is 9.19. The van der Waals surface area contributed by atoms with E-state index in [0.29, 0.717) is 13.0 Å². The highest BCUT2D eigenvalue weighted by molar-refractivity contribution is 5.76. The number of nitrogens with one attached hydrogen (secondary N) is 1. The van der Waals surface area contributed by atoms with Gasteiger partial charge in [-0.3, -0.25) is 4.79 Å². The second kappa shape index (κ2) is 8.53. The average Bonchev–Trinajstić information content (AvgIpc) is 2.45. The Morgan fingerprint density at radius 1 is 1.32 bits per heavy atom. The highest BCUT2D eigenvalue weighted by atomic mass is 16.5. The molecule has 1 aromatic rings. The lowest BCUT2D eigenvalue weighted by molar-refractivity contribution is -0.122. The van der Waals surface area contributed by atoms with Crippen molar-refractivity contribution in [2.45, 2.75) is 39.2 Å². The number of aliphatic hydroxyl groups excluding tert-OH is 1. The van der Waals surface area contributed by atoms with Crippen LogP contribution in [0.4, 0.5) is 0 Å². The summed E-state index contributed by atoms with van der Waals surface area (Å²) in [7, 11) is 0. The average molecular weight is 265 g/mol. The number of carbonyl (C=O) groups excluding carboxylic acids is 1. The number of aliphatic hydroxyl groups is 1. The van der Waals surface area contributed by atoms with Crippen LogP contribution in [0.25, 0.3) is 0 Å². The summed E-state index contributed by atoms with van der Waals surface area (Å²) in [6, 6.07) is 7.72. The zero-order valence-corrected chi connectivity index (χ0v) is 11.7. The minimum atomic E-state index is -0.156. The molecular weight excluding hydrogens is 242 g/mol. The van der Waals surface area contributed by atoms with E-state index in [-0.39, 0.29) is 18.6 Å². The summed E-state index contributed by atoms with van der Waals surface area (Å²) in [5.41, 5.74) is 1.26. The quantitative estimate of drug-likeness (QED) is 0.755. The maximum absolute atomic E-state index is 11.6. The third kappa shape index (κ3) is 5.75. The molecule has 0 bridgehead atoms. The predicted octanol–water partition coefficient (Wildman–Crippen LogP) is 1.91. The fourth-order valence-electron chi connectivity index (χ4n) is 1.66. The minimum absolute atomic E-state index is 0.0262. The molecular formula is C15H23NO3. The first-order valence-electron chi connectivity index (χ1n) is 6.81. The van der Waals surface area contributed by atoms with E-state index in [1.807, 2.05) is 31.2 Å². The lowest BCUT2D eigenvalue weighted by atomic mass is 10.2. The number of rotatable bonds is 8. The second-order valence-electron chi connectivity index (χ2n) is 4.45. The lowest BCUT2D eigenvalue weighted by Gasteiger charge is -2.14. The Hall–Kier alpha value is -1.55. The molecule has 106 valence electrons. The number of amides is 1. The van der Waals surface area contributed by atoms with Crippen LogP contribution in [0.1, 0.15) is 32.3 Å². The molecule has 1 unspecified atom stereocenters. The summed E-state index contributed by atoms with van der Waals surface area (Å²) in [5.74, 6) is 0.685. The van der Waals surface area contributed by atoms with E-state index < -0.39 is 0 Å². The fraction of sp³-hybridized carbons (Fsp3) is 0.533. The van der Waals surface area contributed by atoms with Gasteiger partial charge < -0.3 is 15.2 Å². The second-order valence-corrected chi connectivity index (χ2v) is 4.45. The number of carbonyl (C=O) groups is 1. The molecule has 0 aliphatic heterocycles. The molecule has 0 aliphatic rings. The van der Waals surface area contributed by atoms with Gasteiger partial charge in [0.2, 0.25) is 5.91 Å². The molecule has 19 heavy (non-hydrogen) atoms. The number of benzene rings is 1. The fourth-order valence-corrected chi connectivity index (χ4v) is 1.66. The van der Waals surface area contributed by atoms with E-state index >= 15 is 0 Å². The van der Waals surface area contributed by atoms with Gasteiger partial charge in [0, 0.05) is 0 Å². The Morgan fingerprint density at radius 2 is 2.00 bits per heavy atom. The molecule has 0 saturated heterocycles. The number of aryl methyl sites for hydroxylation is 1. The summed E-state index contributed by atoms with van der Waals surface area (Å²) in [6.45, 7) is 4.35. The number of hydrogen-bond acceptors (Lipinski definition) is 3. The van der Waals surface area contributed by atoms with Crippen LogP contribution in [0, 0.1) is 0 Å². The van der Waals surface area contributed by atoms with E-state index in [9.17, 15) is 4.79 Å². The van der Waals surface area contributed by atoms with Crippen molar-refractivity contribution < 1.29 is 14.6 Å². The molecule has 2 N–H and O–H groups in total. The van der Waals surface area contributed by atoms with Gasteiger partial charge in [0.15, 0.2) is 0 Å². The normalized spacial score (nSPS) is 11.9. The lowest BCUT2D eigenvalue weighted by Crippen LogP contribution is -2.37. The van der Waals surface area contributed by atoms with Gasteiger partial charge >= 0.3 is 0 Å². The molecule has 0 aliphatic carbocycles. The van der Waals surface area contributed by atoms with E-state index in [0.717, 1.165) is 18.6 Å². The smallest absolute Gasteiger partial charge is 0.223 e. The third-order valence-electron chi connectivity index (χ3n) is 3.01. The zero-order chi connectivity index (χ0) is 14.1. The Kier molecular flexibility index (Phi) is 6.97. The van der Waals surface area contributed by atoms with Crippen LogP contribution < -0.4 is 10.1 Å². The van der Waals surface area contributed by atoms with Crippen LogP contribution in [0.15, 0.2) is 24.3 Å². The monoisotopic (exact) mass is 265 g/mol. The van der Waals surface area contributed by atoms with Crippen LogP contribution >= 0.6 is 0 Å². The largest absolute Gasteiger partial charge is 0.493 e. The van der Waals surface area contributed by atoms with Crippen LogP contribution in [0.2, 0.25) is 0 Å². The van der Waals surface area contributed by atoms with Crippen LogP contribution in [0.5, 0.6) is 5.75 Å². The van der Waals surface area contributed by atoms with Crippen molar-refractivity contribution in [1.29, 1.82) is 0 Å². The molecule has 4 heteroatoms. The Balaban J connectivity index is 2.27. The van der Waals surface area contributed by atoms with E-state index in [4.69, 9.17) is 9.84 Å². The highest BCUT2D eigenvalue weighted by Gasteiger charge is 2.08. The summed E-state index contributed by atoms with van der Waals surface area (Å²) < 4.78 is 5.50. The molecule has 1 atom stereocenters. The van der Waals surface area contributed by atoms with Crippen molar-refractivity contribution in [2.75, 3.05) is 13.2 Å². The highest BCUT2D eigenvalue weighted by Crippen LogP contribution is 2.12. The van der Waals surface area contributed by atoms with Crippen molar-refractivity contribution in [1.82, 2.24) is 5.32 Å². The van der Waals surface area contributed by atoms with E-state index in [1.54, 1.807) is 0 Å². The topological polar surface area (TPSA) is 58.6 Å². The molecule has 0 heterocycles. The summed E-state index contributed by atoms with van der Waals surface area (Å²) in [5, 5.41) is 11.7. The van der Waals surface area contributed by atoms with E-state index in [2.05, 4.69) is 12.2 Å². The van der Waals surface area contributed by atoms with Gasteiger partial charge in [0.25, 0.3) is 0 Å². The van der Waals surface area contributed by atoms with Gasteiger partial charge in [-0.05, 0) is 30.5 Å². The van der Waals surface area contributed by atoms with Gasteiger partial charge in [0.1, 0.15) is 5.75 Å². The van der Waals surface area contributed by atoms with Crippen molar-refractivity contribution >= 4 is 5.91 Å². The first-order valence-corrected chi connectivity index (χ1v) is 6.81. The standard InChI is InChI=1S/C15H23NO3/c1-3-12-5-7-14(8-6-12)19-10-9-15(18)16-13(4-2)11-17/h5-8,13,17H,3-4,9-11H2,1-2H3,(H,16,18). The van der Waals surface area contributed by atoms with Crippen LogP contribution in [0.3, 0.4) is 0 Å². The third-order valence-corrected chi connectivity index (χ3v) is 3.01. The molecule has 4 nitrogen and oxygen atoms in total. The summed E-state index contributed by atoms with van der Waals surface area (Å²) in [6.07, 6.45) is 2.02. The molecule has 0 radical (unpaired) electrons. The molecule has 1 aromatic carbocycles. The van der Waals surface area contributed by atoms with Gasteiger partial charge in [-0.15, -0.1) is 0 Å². The van der Waals surface area contributed by atoms with Gasteiger partial charge in [-0.1, -0.05) is 26.0 Å². The summed E-state index contributed by atoms with van der Waals surface area (Å²) in [4.78, 5) is 11.6. The molecule has 1 rings (SSSR count). The zero-order valence-electron chi connectivity index (χ0n) is 11.7. The first kappa shape index (κ1) is 15.5. The number of hydrogen-bond donors (Lipinski definition) is 2. The van der Waals surface area contributed by atoms with Crippen LogP contribution in [-0.2, 0) is 11.2 Å². The maximum Gasteiger partial charge on any atom is 0.223 e.